The lowest BCUT2D eigenvalue weighted by Gasteiger charge is -2.19. The molecule has 0 spiro atoms. The van der Waals surface area contributed by atoms with Crippen molar-refractivity contribution in [3.63, 3.8) is 0 Å². The van der Waals surface area contributed by atoms with Gasteiger partial charge in [0.15, 0.2) is 5.75 Å². The van der Waals surface area contributed by atoms with Crippen LogP contribution in [0, 0.1) is 5.41 Å². The molecular formula is C28H29N3O6. The van der Waals surface area contributed by atoms with Gasteiger partial charge in [-0.3, -0.25) is 19.7 Å². The van der Waals surface area contributed by atoms with E-state index < -0.39 is 29.0 Å². The normalized spacial score (nSPS) is 11.9. The minimum Gasteiger partial charge on any atom is -0.444 e. The lowest BCUT2D eigenvalue weighted by atomic mass is 9.97. The lowest BCUT2D eigenvalue weighted by molar-refractivity contribution is -0.142. The number of nitrogens with one attached hydrogen (secondary N) is 3. The minimum atomic E-state index is -0.880. The van der Waals surface area contributed by atoms with Gasteiger partial charge in [0.05, 0.1) is 16.7 Å². The highest BCUT2D eigenvalue weighted by molar-refractivity contribution is 6.07. The number of rotatable bonds is 3. The summed E-state index contributed by atoms with van der Waals surface area (Å²) >= 11 is 0. The molecule has 9 heteroatoms. The van der Waals surface area contributed by atoms with Gasteiger partial charge in [0.2, 0.25) is 0 Å². The van der Waals surface area contributed by atoms with Crippen LogP contribution < -0.4 is 15.6 Å². The van der Waals surface area contributed by atoms with Crippen molar-refractivity contribution in [3.05, 3.63) is 64.4 Å². The summed E-state index contributed by atoms with van der Waals surface area (Å²) in [6.45, 7) is 10.2. The van der Waals surface area contributed by atoms with Crippen molar-refractivity contribution < 1.29 is 23.9 Å². The molecule has 0 fully saturated rings. The number of aromatic nitrogens is 2. The SMILES string of the molecule is CC(C)(C)OC(=O)NC(=O)c1ccc2[nH]c(-c3cc4ccccc4[nH]c3=O)c(OC(=O)C(C)(C)C)c2c1. The topological polar surface area (TPSA) is 130 Å². The first kappa shape index (κ1) is 25.7. The molecule has 0 aliphatic heterocycles. The van der Waals surface area contributed by atoms with Gasteiger partial charge in [0.1, 0.15) is 5.60 Å². The summed E-state index contributed by atoms with van der Waals surface area (Å²) in [4.78, 5) is 56.8. The number of fused-ring (bicyclic) bond motifs is 2. The first-order valence-electron chi connectivity index (χ1n) is 11.8. The summed E-state index contributed by atoms with van der Waals surface area (Å²) in [6, 6.07) is 13.7. The fourth-order valence-corrected chi connectivity index (χ4v) is 3.65. The number of imide groups is 1. The molecule has 0 aliphatic rings. The number of amides is 2. The maximum absolute atomic E-state index is 13.0. The maximum atomic E-state index is 13.0. The van der Waals surface area contributed by atoms with Gasteiger partial charge in [-0.15, -0.1) is 0 Å². The molecule has 192 valence electrons. The van der Waals surface area contributed by atoms with Crippen molar-refractivity contribution in [3.8, 4) is 17.0 Å². The highest BCUT2D eigenvalue weighted by atomic mass is 16.6. The van der Waals surface area contributed by atoms with E-state index in [1.807, 2.05) is 18.2 Å². The van der Waals surface area contributed by atoms with E-state index in [0.29, 0.717) is 22.1 Å². The quantitative estimate of drug-likeness (QED) is 0.326. The van der Waals surface area contributed by atoms with Crippen molar-refractivity contribution >= 4 is 39.8 Å². The Morgan fingerprint density at radius 1 is 0.865 bits per heavy atom. The molecule has 0 saturated carbocycles. The number of hydrogen-bond donors (Lipinski definition) is 3. The second-order valence-corrected chi connectivity index (χ2v) is 10.8. The molecule has 4 aromatic rings. The van der Waals surface area contributed by atoms with E-state index in [-0.39, 0.29) is 22.4 Å². The average molecular weight is 504 g/mol. The summed E-state index contributed by atoms with van der Waals surface area (Å²) < 4.78 is 11.0. The third kappa shape index (κ3) is 5.55. The van der Waals surface area contributed by atoms with Gasteiger partial charge < -0.3 is 19.4 Å². The fourth-order valence-electron chi connectivity index (χ4n) is 3.65. The van der Waals surface area contributed by atoms with Gasteiger partial charge in [0.25, 0.3) is 11.5 Å². The van der Waals surface area contributed by atoms with Crippen LogP contribution in [-0.4, -0.2) is 33.5 Å². The zero-order chi connectivity index (χ0) is 27.1. The Bertz CT molecular complexity index is 1600. The van der Waals surface area contributed by atoms with E-state index in [2.05, 4.69) is 15.3 Å². The molecule has 0 unspecified atom stereocenters. The second kappa shape index (κ2) is 9.24. The number of pyridine rings is 1. The highest BCUT2D eigenvalue weighted by Gasteiger charge is 2.28. The number of para-hydroxylation sites is 1. The molecule has 0 bridgehead atoms. The zero-order valence-corrected chi connectivity index (χ0v) is 21.6. The number of aromatic amines is 2. The number of alkyl carbamates (subject to hydrolysis) is 1. The van der Waals surface area contributed by atoms with Crippen molar-refractivity contribution in [2.24, 2.45) is 5.41 Å². The number of benzene rings is 2. The third-order valence-electron chi connectivity index (χ3n) is 5.46. The summed E-state index contributed by atoms with van der Waals surface area (Å²) in [5, 5.41) is 3.39. The highest BCUT2D eigenvalue weighted by Crippen LogP contribution is 2.38. The largest absolute Gasteiger partial charge is 0.444 e. The molecule has 0 aliphatic carbocycles. The summed E-state index contributed by atoms with van der Waals surface area (Å²) in [6.07, 6.45) is -0.880. The van der Waals surface area contributed by atoms with Gasteiger partial charge in [-0.05, 0) is 77.3 Å². The van der Waals surface area contributed by atoms with Crippen molar-refractivity contribution in [1.29, 1.82) is 0 Å². The first-order valence-corrected chi connectivity index (χ1v) is 11.8. The standard InChI is InChI=1S/C28H29N3O6/c1-27(2,3)25(34)36-22-17-14-16(23(32)31-26(35)37-28(4,5)6)11-12-20(17)29-21(22)18-13-15-9-7-8-10-19(15)30-24(18)33/h7-14,29H,1-6H3,(H,30,33)(H,31,32,35). The molecule has 2 amide bonds. The fraction of sp³-hybridized carbons (Fsp3) is 0.286. The van der Waals surface area contributed by atoms with Crippen LogP contribution in [0.25, 0.3) is 33.1 Å². The third-order valence-corrected chi connectivity index (χ3v) is 5.46. The molecule has 37 heavy (non-hydrogen) atoms. The van der Waals surface area contributed by atoms with E-state index in [1.54, 1.807) is 59.7 Å². The van der Waals surface area contributed by atoms with Crippen molar-refractivity contribution in [2.75, 3.05) is 0 Å². The number of carbonyl (C=O) groups excluding carboxylic acids is 3. The van der Waals surface area contributed by atoms with Gasteiger partial charge >= 0.3 is 12.1 Å². The Morgan fingerprint density at radius 2 is 1.57 bits per heavy atom. The van der Waals surface area contributed by atoms with Crippen molar-refractivity contribution in [2.45, 2.75) is 47.1 Å². The summed E-state index contributed by atoms with van der Waals surface area (Å²) in [5.74, 6) is -1.09. The van der Waals surface area contributed by atoms with Crippen LogP contribution in [-0.2, 0) is 9.53 Å². The molecule has 2 aromatic carbocycles. The van der Waals surface area contributed by atoms with E-state index in [1.165, 1.54) is 12.1 Å². The lowest BCUT2D eigenvalue weighted by Crippen LogP contribution is -2.36. The zero-order valence-electron chi connectivity index (χ0n) is 21.6. The van der Waals surface area contributed by atoms with Crippen LogP contribution >= 0.6 is 0 Å². The number of hydrogen-bond acceptors (Lipinski definition) is 6. The Kier molecular flexibility index (Phi) is 6.41. The van der Waals surface area contributed by atoms with Crippen LogP contribution in [0.4, 0.5) is 4.79 Å². The Balaban J connectivity index is 1.84. The molecular weight excluding hydrogens is 474 g/mol. The molecule has 9 nitrogen and oxygen atoms in total. The monoisotopic (exact) mass is 503 g/mol. The number of ether oxygens (including phenoxy) is 2. The first-order chi connectivity index (χ1) is 17.2. The van der Waals surface area contributed by atoms with Crippen molar-refractivity contribution in [1.82, 2.24) is 15.3 Å². The van der Waals surface area contributed by atoms with E-state index in [0.717, 1.165) is 5.39 Å². The van der Waals surface area contributed by atoms with Gasteiger partial charge in [0, 0.05) is 22.0 Å². The van der Waals surface area contributed by atoms with Crippen LogP contribution in [0.1, 0.15) is 51.9 Å². The van der Waals surface area contributed by atoms with Crippen LogP contribution in [0.15, 0.2) is 53.3 Å². The van der Waals surface area contributed by atoms with Gasteiger partial charge in [-0.25, -0.2) is 4.79 Å². The molecule has 0 saturated heterocycles. The van der Waals surface area contributed by atoms with Gasteiger partial charge in [-0.1, -0.05) is 18.2 Å². The summed E-state index contributed by atoms with van der Waals surface area (Å²) in [7, 11) is 0. The second-order valence-electron chi connectivity index (χ2n) is 10.8. The van der Waals surface area contributed by atoms with Crippen LogP contribution in [0.2, 0.25) is 0 Å². The minimum absolute atomic E-state index is 0.114. The van der Waals surface area contributed by atoms with E-state index in [4.69, 9.17) is 9.47 Å². The molecule has 2 aromatic heterocycles. The number of carbonyl (C=O) groups is 3. The molecule has 2 heterocycles. The average Bonchev–Trinajstić information content (AvgIpc) is 3.14. The molecule has 0 atom stereocenters. The molecule has 3 N–H and O–H groups in total. The predicted molar refractivity (Wildman–Crippen MR) is 141 cm³/mol. The Labute approximate surface area is 213 Å². The number of esters is 1. The van der Waals surface area contributed by atoms with E-state index >= 15 is 0 Å². The Morgan fingerprint density at radius 3 is 2.24 bits per heavy atom. The van der Waals surface area contributed by atoms with E-state index in [9.17, 15) is 19.2 Å². The molecule has 4 rings (SSSR count). The summed E-state index contributed by atoms with van der Waals surface area (Å²) in [5.41, 5.74) is -0.0657. The smallest absolute Gasteiger partial charge is 0.414 e. The number of H-pyrrole nitrogens is 2. The Hall–Kier alpha value is -4.40. The predicted octanol–water partition coefficient (Wildman–Crippen LogP) is 5.29. The van der Waals surface area contributed by atoms with Gasteiger partial charge in [-0.2, -0.15) is 0 Å². The van der Waals surface area contributed by atoms with Crippen LogP contribution in [0.5, 0.6) is 5.75 Å². The van der Waals surface area contributed by atoms with Crippen LogP contribution in [0.3, 0.4) is 0 Å². The maximum Gasteiger partial charge on any atom is 0.414 e. The molecule has 0 radical (unpaired) electrons.